The highest BCUT2D eigenvalue weighted by Gasteiger charge is 2.25. The van der Waals surface area contributed by atoms with Crippen LogP contribution in [0.1, 0.15) is 17.0 Å². The summed E-state index contributed by atoms with van der Waals surface area (Å²) in [5, 5.41) is 2.13. The first-order valence-corrected chi connectivity index (χ1v) is 11.5. The van der Waals surface area contributed by atoms with Gasteiger partial charge in [0.05, 0.1) is 22.9 Å². The maximum atomic E-state index is 13.5. The Labute approximate surface area is 189 Å². The number of amides is 1. The van der Waals surface area contributed by atoms with Gasteiger partial charge in [0.15, 0.2) is 10.9 Å². The number of carbonyl (C=O) groups is 1. The Bertz CT molecular complexity index is 1180. The van der Waals surface area contributed by atoms with Crippen LogP contribution < -0.4 is 4.90 Å². The predicted molar refractivity (Wildman–Crippen MR) is 124 cm³/mol. The Balaban J connectivity index is 1.43. The summed E-state index contributed by atoms with van der Waals surface area (Å²) in [5.74, 6) is 0.131. The molecule has 1 fully saturated rings. The lowest BCUT2D eigenvalue weighted by Crippen LogP contribution is -2.39. The monoisotopic (exact) mass is 455 g/mol. The molecule has 0 aliphatic carbocycles. The zero-order valence-corrected chi connectivity index (χ0v) is 18.5. The second-order valence-corrected chi connectivity index (χ2v) is 8.91. The molecule has 6 nitrogen and oxygen atoms in total. The number of morpholine rings is 1. The minimum atomic E-state index is -0.187. The van der Waals surface area contributed by atoms with Crippen molar-refractivity contribution in [2.75, 3.05) is 44.3 Å². The third-order valence-electron chi connectivity index (χ3n) is 5.43. The Hall–Kier alpha value is -2.45. The highest BCUT2D eigenvalue weighted by Crippen LogP contribution is 2.34. The maximum Gasteiger partial charge on any atom is 0.295 e. The van der Waals surface area contributed by atoms with Crippen LogP contribution >= 0.6 is 22.9 Å². The molecule has 31 heavy (non-hydrogen) atoms. The molecule has 0 atom stereocenters. The number of hydrogen-bond acceptors (Lipinski definition) is 6. The molecule has 0 bridgehead atoms. The summed E-state index contributed by atoms with van der Waals surface area (Å²) in [6, 6.07) is 15.1. The summed E-state index contributed by atoms with van der Waals surface area (Å²) in [5.41, 5.74) is 1.42. The number of thiazole rings is 1. The average molecular weight is 456 g/mol. The van der Waals surface area contributed by atoms with Crippen molar-refractivity contribution in [2.24, 2.45) is 0 Å². The van der Waals surface area contributed by atoms with Gasteiger partial charge in [-0.3, -0.25) is 14.6 Å². The molecule has 1 aliphatic heterocycles. The van der Waals surface area contributed by atoms with Crippen molar-refractivity contribution in [2.45, 2.75) is 6.42 Å². The fraction of sp³-hybridized carbons (Fsp3) is 0.304. The first-order chi connectivity index (χ1) is 15.2. The molecule has 0 unspecified atom stereocenters. The second-order valence-electron chi connectivity index (χ2n) is 7.50. The zero-order valence-electron chi connectivity index (χ0n) is 16.9. The van der Waals surface area contributed by atoms with Gasteiger partial charge in [-0.15, -0.1) is 0 Å². The number of rotatable bonds is 6. The zero-order chi connectivity index (χ0) is 21.2. The van der Waals surface area contributed by atoms with Crippen LogP contribution in [0.5, 0.6) is 0 Å². The van der Waals surface area contributed by atoms with Gasteiger partial charge in [-0.1, -0.05) is 47.2 Å². The quantitative estimate of drug-likeness (QED) is 0.406. The summed E-state index contributed by atoms with van der Waals surface area (Å²) in [6.45, 7) is 4.82. The molecule has 3 heterocycles. The summed E-state index contributed by atoms with van der Waals surface area (Å²) >= 11 is 7.80. The number of halogens is 1. The normalized spacial score (nSPS) is 15.0. The van der Waals surface area contributed by atoms with E-state index in [0.29, 0.717) is 28.0 Å². The van der Waals surface area contributed by atoms with Gasteiger partial charge in [0.25, 0.3) is 5.91 Å². The lowest BCUT2D eigenvalue weighted by molar-refractivity contribution is 0.0376. The second kappa shape index (κ2) is 8.96. The summed E-state index contributed by atoms with van der Waals surface area (Å²) < 4.78 is 12.2. The topological polar surface area (TPSA) is 58.8 Å². The van der Waals surface area contributed by atoms with Gasteiger partial charge >= 0.3 is 0 Å². The number of carbonyl (C=O) groups excluding carboxylic acids is 1. The molecule has 1 aliphatic rings. The minimum Gasteiger partial charge on any atom is -0.451 e. The first-order valence-electron chi connectivity index (χ1n) is 10.3. The number of anilines is 1. The van der Waals surface area contributed by atoms with Gasteiger partial charge in [0, 0.05) is 31.6 Å². The molecule has 1 amide bonds. The number of ether oxygens (including phenoxy) is 1. The van der Waals surface area contributed by atoms with Crippen molar-refractivity contribution in [1.29, 1.82) is 0 Å². The first kappa shape index (κ1) is 20.5. The number of furan rings is 1. The standard InChI is InChI=1S/C23H22ClN3O3S/c24-17-6-3-8-20-21(17)25-23(31-20)27(10-4-9-26-11-13-29-14-12-26)22(28)19-15-16-5-1-2-7-18(16)30-19/h1-3,5-8,15H,4,9-14H2. The van der Waals surface area contributed by atoms with Crippen LogP contribution in [-0.4, -0.2) is 55.2 Å². The van der Waals surface area contributed by atoms with Crippen molar-refractivity contribution in [1.82, 2.24) is 9.88 Å². The maximum absolute atomic E-state index is 13.5. The van der Waals surface area contributed by atoms with Crippen molar-refractivity contribution in [3.8, 4) is 0 Å². The molecule has 160 valence electrons. The van der Waals surface area contributed by atoms with E-state index in [1.54, 1.807) is 11.0 Å². The molecule has 2 aromatic carbocycles. The molecule has 0 radical (unpaired) electrons. The van der Waals surface area contributed by atoms with Crippen LogP contribution in [0.15, 0.2) is 52.9 Å². The molecule has 5 rings (SSSR count). The van der Waals surface area contributed by atoms with E-state index in [1.165, 1.54) is 11.3 Å². The van der Waals surface area contributed by atoms with Crippen LogP contribution in [-0.2, 0) is 4.74 Å². The third kappa shape index (κ3) is 4.32. The molecule has 2 aromatic heterocycles. The lowest BCUT2D eigenvalue weighted by Gasteiger charge is -2.27. The Morgan fingerprint density at radius 3 is 2.81 bits per heavy atom. The SMILES string of the molecule is O=C(c1cc2ccccc2o1)N(CCCN1CCOCC1)c1nc2c(Cl)cccc2s1. The molecular weight excluding hydrogens is 434 g/mol. The van der Waals surface area contributed by atoms with E-state index in [1.807, 2.05) is 42.5 Å². The number of hydrogen-bond donors (Lipinski definition) is 0. The lowest BCUT2D eigenvalue weighted by atomic mass is 10.2. The molecule has 0 saturated carbocycles. The number of fused-ring (bicyclic) bond motifs is 2. The van der Waals surface area contributed by atoms with Crippen molar-refractivity contribution < 1.29 is 13.9 Å². The Morgan fingerprint density at radius 1 is 1.16 bits per heavy atom. The number of nitrogens with zero attached hydrogens (tertiary/aromatic N) is 3. The molecule has 4 aromatic rings. The van der Waals surface area contributed by atoms with Crippen molar-refractivity contribution in [3.05, 3.63) is 59.3 Å². The number of aromatic nitrogens is 1. The molecule has 1 saturated heterocycles. The molecule has 0 spiro atoms. The van der Waals surface area contributed by atoms with Crippen LogP contribution in [0.3, 0.4) is 0 Å². The van der Waals surface area contributed by atoms with Crippen molar-refractivity contribution in [3.63, 3.8) is 0 Å². The fourth-order valence-corrected chi connectivity index (χ4v) is 5.09. The summed E-state index contributed by atoms with van der Waals surface area (Å²) in [6.07, 6.45) is 0.829. The largest absolute Gasteiger partial charge is 0.451 e. The molecule has 8 heteroatoms. The van der Waals surface area contributed by atoms with Gasteiger partial charge in [-0.2, -0.15) is 0 Å². The van der Waals surface area contributed by atoms with E-state index in [2.05, 4.69) is 4.90 Å². The Morgan fingerprint density at radius 2 is 2.00 bits per heavy atom. The van der Waals surface area contributed by atoms with E-state index in [4.69, 9.17) is 25.7 Å². The van der Waals surface area contributed by atoms with Crippen LogP contribution in [0.25, 0.3) is 21.2 Å². The van der Waals surface area contributed by atoms with Gasteiger partial charge < -0.3 is 9.15 Å². The highest BCUT2D eigenvalue weighted by molar-refractivity contribution is 7.22. The van der Waals surface area contributed by atoms with E-state index in [0.717, 1.165) is 54.9 Å². The highest BCUT2D eigenvalue weighted by atomic mass is 35.5. The van der Waals surface area contributed by atoms with Crippen LogP contribution in [0.2, 0.25) is 5.02 Å². The molecular formula is C23H22ClN3O3S. The van der Waals surface area contributed by atoms with Gasteiger partial charge in [-0.25, -0.2) is 4.98 Å². The van der Waals surface area contributed by atoms with Gasteiger partial charge in [0.1, 0.15) is 11.1 Å². The van der Waals surface area contributed by atoms with E-state index < -0.39 is 0 Å². The van der Waals surface area contributed by atoms with Crippen LogP contribution in [0, 0.1) is 0 Å². The van der Waals surface area contributed by atoms with Crippen molar-refractivity contribution >= 4 is 55.2 Å². The van der Waals surface area contributed by atoms with E-state index in [-0.39, 0.29) is 5.91 Å². The van der Waals surface area contributed by atoms with E-state index in [9.17, 15) is 4.79 Å². The summed E-state index contributed by atoms with van der Waals surface area (Å²) in [4.78, 5) is 22.3. The fourth-order valence-electron chi connectivity index (χ4n) is 3.80. The Kier molecular flexibility index (Phi) is 5.91. The minimum absolute atomic E-state index is 0.187. The average Bonchev–Trinajstić information content (AvgIpc) is 3.42. The van der Waals surface area contributed by atoms with Gasteiger partial charge in [0.2, 0.25) is 0 Å². The predicted octanol–water partition coefficient (Wildman–Crippen LogP) is 5.07. The smallest absolute Gasteiger partial charge is 0.295 e. The number of benzene rings is 2. The van der Waals surface area contributed by atoms with Gasteiger partial charge in [-0.05, 0) is 30.7 Å². The van der Waals surface area contributed by atoms with Crippen LogP contribution in [0.4, 0.5) is 5.13 Å². The number of para-hydroxylation sites is 2. The van der Waals surface area contributed by atoms with E-state index >= 15 is 0 Å². The third-order valence-corrected chi connectivity index (χ3v) is 6.78. The summed E-state index contributed by atoms with van der Waals surface area (Å²) in [7, 11) is 0. The molecule has 0 N–H and O–H groups in total.